The second kappa shape index (κ2) is 9.63. The molecule has 0 radical (unpaired) electrons. The van der Waals surface area contributed by atoms with Gasteiger partial charge >= 0.3 is 0 Å². The van der Waals surface area contributed by atoms with Crippen molar-refractivity contribution in [3.8, 4) is 0 Å². The van der Waals surface area contributed by atoms with Crippen molar-refractivity contribution in [1.82, 2.24) is 10.2 Å². The molecular formula is C17H24N4O3S2. The Kier molecular flexibility index (Phi) is 7.52. The molecule has 1 amide bonds. The lowest BCUT2D eigenvalue weighted by atomic mass is 10.2. The Hall–Kier alpha value is -2.00. The topological polar surface area (TPSA) is 101 Å². The van der Waals surface area contributed by atoms with Crippen molar-refractivity contribution in [2.24, 2.45) is 0 Å². The van der Waals surface area contributed by atoms with Gasteiger partial charge in [0.05, 0.1) is 5.75 Å². The summed E-state index contributed by atoms with van der Waals surface area (Å²) in [5.74, 6) is -0.313. The van der Waals surface area contributed by atoms with Gasteiger partial charge in [-0.2, -0.15) is 0 Å². The van der Waals surface area contributed by atoms with Gasteiger partial charge in [-0.3, -0.25) is 14.8 Å². The van der Waals surface area contributed by atoms with Gasteiger partial charge in [0.25, 0.3) is 5.91 Å². The highest BCUT2D eigenvalue weighted by atomic mass is 32.2. The Balaban J connectivity index is 2.00. The number of carbonyl (C=O) groups excluding carboxylic acids is 1. The summed E-state index contributed by atoms with van der Waals surface area (Å²) in [7, 11) is -3.40. The van der Waals surface area contributed by atoms with Crippen molar-refractivity contribution in [3.63, 3.8) is 0 Å². The van der Waals surface area contributed by atoms with Gasteiger partial charge in [0, 0.05) is 17.7 Å². The maximum absolute atomic E-state index is 12.4. The van der Waals surface area contributed by atoms with Crippen molar-refractivity contribution in [3.05, 3.63) is 34.8 Å². The molecule has 0 aliphatic carbocycles. The van der Waals surface area contributed by atoms with Crippen molar-refractivity contribution in [2.75, 3.05) is 15.8 Å². The smallest absolute Gasteiger partial charge is 0.257 e. The summed E-state index contributed by atoms with van der Waals surface area (Å²) in [5, 5.41) is 12.1. The third kappa shape index (κ3) is 6.38. The van der Waals surface area contributed by atoms with E-state index in [1.54, 1.807) is 25.1 Å². The fourth-order valence-corrected chi connectivity index (χ4v) is 4.23. The van der Waals surface area contributed by atoms with Crippen LogP contribution in [0.1, 0.15) is 54.9 Å². The lowest BCUT2D eigenvalue weighted by Gasteiger charge is -2.08. The Bertz CT molecular complexity index is 834. The normalized spacial score (nSPS) is 11.3. The average Bonchev–Trinajstić information content (AvgIpc) is 3.02. The average molecular weight is 397 g/mol. The lowest BCUT2D eigenvalue weighted by molar-refractivity contribution is 0.102. The number of nitrogens with one attached hydrogen (secondary N) is 2. The molecule has 1 heterocycles. The first kappa shape index (κ1) is 20.3. The molecule has 0 unspecified atom stereocenters. The standard InChI is InChI=1S/C17H24N4O3S2/c1-3-5-6-10-15-19-20-17(25-15)18-16(22)13-8-7-9-14(12-13)21-26(23,24)11-4-2/h7-9,12,21H,3-6,10-11H2,1-2H3,(H,18,20,22). The molecule has 0 spiro atoms. The minimum absolute atomic E-state index is 0.0367. The second-order valence-electron chi connectivity index (χ2n) is 5.91. The van der Waals surface area contributed by atoms with E-state index >= 15 is 0 Å². The third-order valence-electron chi connectivity index (χ3n) is 3.55. The molecule has 0 atom stereocenters. The molecule has 2 rings (SSSR count). The summed E-state index contributed by atoms with van der Waals surface area (Å²) in [6.07, 6.45) is 4.71. The molecule has 142 valence electrons. The van der Waals surface area contributed by atoms with Crippen LogP contribution in [0, 0.1) is 0 Å². The fraction of sp³-hybridized carbons (Fsp3) is 0.471. The summed E-state index contributed by atoms with van der Waals surface area (Å²) in [5.41, 5.74) is 0.716. The minimum atomic E-state index is -3.40. The number of anilines is 2. The van der Waals surface area contributed by atoms with E-state index in [1.807, 2.05) is 0 Å². The van der Waals surface area contributed by atoms with Crippen LogP contribution in [-0.2, 0) is 16.4 Å². The van der Waals surface area contributed by atoms with E-state index in [-0.39, 0.29) is 11.7 Å². The predicted octanol–water partition coefficient (Wildman–Crippen LogP) is 3.67. The van der Waals surface area contributed by atoms with Crippen molar-refractivity contribution in [1.29, 1.82) is 0 Å². The number of benzene rings is 1. The predicted molar refractivity (Wildman–Crippen MR) is 105 cm³/mol. The number of aromatic nitrogens is 2. The first-order valence-corrected chi connectivity index (χ1v) is 11.1. The van der Waals surface area contributed by atoms with E-state index in [0.717, 1.165) is 30.7 Å². The zero-order chi connectivity index (χ0) is 19.0. The van der Waals surface area contributed by atoms with Gasteiger partial charge < -0.3 is 0 Å². The van der Waals surface area contributed by atoms with Gasteiger partial charge in [0.1, 0.15) is 5.01 Å². The highest BCUT2D eigenvalue weighted by molar-refractivity contribution is 7.92. The van der Waals surface area contributed by atoms with E-state index in [9.17, 15) is 13.2 Å². The van der Waals surface area contributed by atoms with Crippen LogP contribution < -0.4 is 10.0 Å². The second-order valence-corrected chi connectivity index (χ2v) is 8.82. The molecule has 0 saturated carbocycles. The molecule has 0 fully saturated rings. The van der Waals surface area contributed by atoms with Gasteiger partial charge in [-0.1, -0.05) is 44.1 Å². The number of aryl methyl sites for hydroxylation is 1. The zero-order valence-electron chi connectivity index (χ0n) is 15.0. The Morgan fingerprint density at radius 2 is 1.96 bits per heavy atom. The molecule has 2 N–H and O–H groups in total. The number of sulfonamides is 1. The van der Waals surface area contributed by atoms with Gasteiger partial charge in [-0.25, -0.2) is 8.42 Å². The number of carbonyl (C=O) groups is 1. The van der Waals surface area contributed by atoms with Crippen LogP contribution in [0.15, 0.2) is 24.3 Å². The zero-order valence-corrected chi connectivity index (χ0v) is 16.6. The van der Waals surface area contributed by atoms with Crippen LogP contribution in [0.4, 0.5) is 10.8 Å². The highest BCUT2D eigenvalue weighted by Crippen LogP contribution is 2.19. The quantitative estimate of drug-likeness (QED) is 0.597. The molecule has 0 saturated heterocycles. The van der Waals surface area contributed by atoms with Crippen molar-refractivity contribution < 1.29 is 13.2 Å². The van der Waals surface area contributed by atoms with Crippen molar-refractivity contribution >= 4 is 38.1 Å². The van der Waals surface area contributed by atoms with E-state index in [4.69, 9.17) is 0 Å². The van der Waals surface area contributed by atoms with Crippen LogP contribution in [0.25, 0.3) is 0 Å². The Morgan fingerprint density at radius 3 is 2.69 bits per heavy atom. The van der Waals surface area contributed by atoms with Gasteiger partial charge in [-0.05, 0) is 31.0 Å². The molecule has 26 heavy (non-hydrogen) atoms. The maximum Gasteiger partial charge on any atom is 0.257 e. The van der Waals surface area contributed by atoms with Crippen LogP contribution in [0.5, 0.6) is 0 Å². The van der Waals surface area contributed by atoms with E-state index < -0.39 is 10.0 Å². The number of amides is 1. The maximum atomic E-state index is 12.4. The van der Waals surface area contributed by atoms with Gasteiger partial charge in [0.2, 0.25) is 15.2 Å². The first-order valence-electron chi connectivity index (χ1n) is 8.67. The van der Waals surface area contributed by atoms with Crippen LogP contribution >= 0.6 is 11.3 Å². The first-order chi connectivity index (χ1) is 12.4. The van der Waals surface area contributed by atoms with Crippen LogP contribution in [-0.4, -0.2) is 30.3 Å². The van der Waals surface area contributed by atoms with Crippen LogP contribution in [0.3, 0.4) is 0 Å². The molecule has 0 aliphatic heterocycles. The van der Waals surface area contributed by atoms with Crippen LogP contribution in [0.2, 0.25) is 0 Å². The highest BCUT2D eigenvalue weighted by Gasteiger charge is 2.13. The number of hydrogen-bond donors (Lipinski definition) is 2. The number of unbranched alkanes of at least 4 members (excludes halogenated alkanes) is 2. The number of rotatable bonds is 10. The molecule has 1 aromatic heterocycles. The molecular weight excluding hydrogens is 372 g/mol. The van der Waals surface area contributed by atoms with E-state index in [2.05, 4.69) is 27.2 Å². The number of hydrogen-bond acceptors (Lipinski definition) is 6. The monoisotopic (exact) mass is 396 g/mol. The number of nitrogens with zero attached hydrogens (tertiary/aromatic N) is 2. The fourth-order valence-electron chi connectivity index (χ4n) is 2.32. The van der Waals surface area contributed by atoms with E-state index in [1.165, 1.54) is 17.4 Å². The summed E-state index contributed by atoms with van der Waals surface area (Å²) in [6.45, 7) is 3.93. The van der Waals surface area contributed by atoms with Gasteiger partial charge in [-0.15, -0.1) is 10.2 Å². The van der Waals surface area contributed by atoms with Crippen molar-refractivity contribution in [2.45, 2.75) is 46.0 Å². The molecule has 1 aromatic carbocycles. The minimum Gasteiger partial charge on any atom is -0.296 e. The third-order valence-corrected chi connectivity index (χ3v) is 5.94. The molecule has 0 bridgehead atoms. The molecule has 2 aromatic rings. The molecule has 7 nitrogen and oxygen atoms in total. The molecule has 0 aliphatic rings. The Morgan fingerprint density at radius 1 is 1.15 bits per heavy atom. The summed E-state index contributed by atoms with van der Waals surface area (Å²) in [4.78, 5) is 12.4. The Labute approximate surface area is 158 Å². The lowest BCUT2D eigenvalue weighted by Crippen LogP contribution is -2.17. The summed E-state index contributed by atoms with van der Waals surface area (Å²) in [6, 6.07) is 6.37. The summed E-state index contributed by atoms with van der Waals surface area (Å²) < 4.78 is 26.2. The SMILES string of the molecule is CCCCCc1nnc(NC(=O)c2cccc(NS(=O)(=O)CCC)c2)s1. The summed E-state index contributed by atoms with van der Waals surface area (Å²) >= 11 is 1.36. The largest absolute Gasteiger partial charge is 0.296 e. The molecule has 9 heteroatoms. The van der Waals surface area contributed by atoms with Gasteiger partial charge in [0.15, 0.2) is 0 Å². The van der Waals surface area contributed by atoms with E-state index in [0.29, 0.717) is 22.8 Å².